The molecule has 7 heteroatoms. The van der Waals surface area contributed by atoms with Gasteiger partial charge in [-0.25, -0.2) is 4.39 Å². The van der Waals surface area contributed by atoms with E-state index in [0.29, 0.717) is 22.6 Å². The highest BCUT2D eigenvalue weighted by molar-refractivity contribution is 6.35. The zero-order valence-electron chi connectivity index (χ0n) is 16.8. The number of hydrogen-bond acceptors (Lipinski definition) is 5. The van der Waals surface area contributed by atoms with Gasteiger partial charge in [0.25, 0.3) is 11.8 Å². The van der Waals surface area contributed by atoms with Crippen LogP contribution in [0.5, 0.6) is 11.5 Å². The average Bonchev–Trinajstić information content (AvgIpc) is 3.37. The van der Waals surface area contributed by atoms with Crippen LogP contribution in [-0.4, -0.2) is 55.0 Å². The standard InChI is InChI=1S/C23H23FN2O4/c1-29-18-8-10-19(11-9-18)30-15-14-26-22(27)20(16-4-6-17(24)7-5-16)21(23(26)28)25-12-2-3-13-25/h4-11H,2-3,12-15H2,1H3. The number of carbonyl (C=O) groups is 2. The number of carbonyl (C=O) groups excluding carboxylic acids is 2. The summed E-state index contributed by atoms with van der Waals surface area (Å²) in [7, 11) is 1.59. The molecule has 6 nitrogen and oxygen atoms in total. The molecular formula is C23H23FN2O4. The maximum Gasteiger partial charge on any atom is 0.277 e. The molecule has 2 aliphatic heterocycles. The number of benzene rings is 2. The smallest absolute Gasteiger partial charge is 0.277 e. The van der Waals surface area contributed by atoms with Crippen molar-refractivity contribution in [2.75, 3.05) is 33.4 Å². The topological polar surface area (TPSA) is 59.1 Å². The zero-order valence-corrected chi connectivity index (χ0v) is 16.8. The second kappa shape index (κ2) is 8.57. The Morgan fingerprint density at radius 2 is 1.53 bits per heavy atom. The van der Waals surface area contributed by atoms with Crippen molar-refractivity contribution in [3.05, 3.63) is 65.6 Å². The fraction of sp³-hybridized carbons (Fsp3) is 0.304. The van der Waals surface area contributed by atoms with E-state index in [1.165, 1.54) is 17.0 Å². The molecule has 1 fully saturated rings. The molecule has 0 radical (unpaired) electrons. The van der Waals surface area contributed by atoms with Gasteiger partial charge in [0.05, 0.1) is 19.2 Å². The third kappa shape index (κ3) is 3.87. The molecule has 0 unspecified atom stereocenters. The van der Waals surface area contributed by atoms with Gasteiger partial charge >= 0.3 is 0 Å². The molecule has 30 heavy (non-hydrogen) atoms. The maximum atomic E-state index is 13.4. The van der Waals surface area contributed by atoms with Crippen LogP contribution in [0.25, 0.3) is 5.57 Å². The summed E-state index contributed by atoms with van der Waals surface area (Å²) in [5, 5.41) is 0. The molecular weight excluding hydrogens is 387 g/mol. The Morgan fingerprint density at radius 1 is 0.900 bits per heavy atom. The van der Waals surface area contributed by atoms with Gasteiger partial charge < -0.3 is 14.4 Å². The zero-order chi connectivity index (χ0) is 21.1. The number of imide groups is 1. The fourth-order valence-corrected chi connectivity index (χ4v) is 3.80. The normalized spacial score (nSPS) is 16.6. The summed E-state index contributed by atoms with van der Waals surface area (Å²) in [5.41, 5.74) is 1.30. The number of amides is 2. The van der Waals surface area contributed by atoms with Crippen molar-refractivity contribution in [1.82, 2.24) is 9.80 Å². The van der Waals surface area contributed by atoms with Crippen LogP contribution in [0.3, 0.4) is 0 Å². The summed E-state index contributed by atoms with van der Waals surface area (Å²) in [4.78, 5) is 29.5. The van der Waals surface area contributed by atoms with Gasteiger partial charge in [-0.15, -0.1) is 0 Å². The number of ether oxygens (including phenoxy) is 2. The number of hydrogen-bond donors (Lipinski definition) is 0. The van der Waals surface area contributed by atoms with E-state index in [1.54, 1.807) is 43.5 Å². The van der Waals surface area contributed by atoms with E-state index in [9.17, 15) is 14.0 Å². The van der Waals surface area contributed by atoms with Crippen molar-refractivity contribution in [3.8, 4) is 11.5 Å². The van der Waals surface area contributed by atoms with E-state index in [-0.39, 0.29) is 30.8 Å². The minimum Gasteiger partial charge on any atom is -0.497 e. The molecule has 4 rings (SSSR count). The van der Waals surface area contributed by atoms with E-state index >= 15 is 0 Å². The van der Waals surface area contributed by atoms with Crippen molar-refractivity contribution in [2.45, 2.75) is 12.8 Å². The largest absolute Gasteiger partial charge is 0.497 e. The molecule has 0 spiro atoms. The lowest BCUT2D eigenvalue weighted by atomic mass is 10.0. The monoisotopic (exact) mass is 410 g/mol. The molecule has 0 aliphatic carbocycles. The summed E-state index contributed by atoms with van der Waals surface area (Å²) >= 11 is 0. The van der Waals surface area contributed by atoms with Crippen LogP contribution in [0.2, 0.25) is 0 Å². The SMILES string of the molecule is COc1ccc(OCCN2C(=O)C(c3ccc(F)cc3)=C(N3CCCC3)C2=O)cc1. The van der Waals surface area contributed by atoms with E-state index in [1.807, 2.05) is 4.90 Å². The molecule has 156 valence electrons. The number of halogens is 1. The Balaban J connectivity index is 1.52. The summed E-state index contributed by atoms with van der Waals surface area (Å²) in [6, 6.07) is 12.8. The predicted octanol–water partition coefficient (Wildman–Crippen LogP) is 3.09. The molecule has 2 aromatic carbocycles. The summed E-state index contributed by atoms with van der Waals surface area (Å²) in [6.07, 6.45) is 1.95. The Morgan fingerprint density at radius 3 is 2.17 bits per heavy atom. The van der Waals surface area contributed by atoms with Crippen LogP contribution in [0, 0.1) is 5.82 Å². The molecule has 2 aliphatic rings. The quantitative estimate of drug-likeness (QED) is 0.657. The molecule has 0 atom stereocenters. The average molecular weight is 410 g/mol. The van der Waals surface area contributed by atoms with Gasteiger partial charge in [-0.2, -0.15) is 0 Å². The van der Waals surface area contributed by atoms with Crippen molar-refractivity contribution in [2.24, 2.45) is 0 Å². The summed E-state index contributed by atoms with van der Waals surface area (Å²) in [5.74, 6) is 0.270. The number of rotatable bonds is 7. The van der Waals surface area contributed by atoms with Crippen molar-refractivity contribution in [1.29, 1.82) is 0 Å². The lowest BCUT2D eigenvalue weighted by Crippen LogP contribution is -2.37. The van der Waals surface area contributed by atoms with Crippen LogP contribution < -0.4 is 9.47 Å². The summed E-state index contributed by atoms with van der Waals surface area (Å²) in [6.45, 7) is 1.77. The summed E-state index contributed by atoms with van der Waals surface area (Å²) < 4.78 is 24.2. The first-order chi connectivity index (χ1) is 14.6. The molecule has 0 bridgehead atoms. The lowest BCUT2D eigenvalue weighted by Gasteiger charge is -2.20. The molecule has 2 amide bonds. The van der Waals surface area contributed by atoms with Crippen LogP contribution in [0.4, 0.5) is 4.39 Å². The molecule has 0 saturated carbocycles. The highest BCUT2D eigenvalue weighted by atomic mass is 19.1. The minimum absolute atomic E-state index is 0.131. The molecule has 0 N–H and O–H groups in total. The fourth-order valence-electron chi connectivity index (χ4n) is 3.80. The van der Waals surface area contributed by atoms with Crippen LogP contribution in [0.1, 0.15) is 18.4 Å². The first-order valence-electron chi connectivity index (χ1n) is 9.96. The maximum absolute atomic E-state index is 13.4. The van der Waals surface area contributed by atoms with E-state index < -0.39 is 0 Å². The molecule has 2 heterocycles. The highest BCUT2D eigenvalue weighted by Crippen LogP contribution is 2.33. The Labute approximate surface area is 174 Å². The Hall–Kier alpha value is -3.35. The Bertz CT molecular complexity index is 964. The third-order valence-electron chi connectivity index (χ3n) is 5.34. The third-order valence-corrected chi connectivity index (χ3v) is 5.34. The molecule has 0 aromatic heterocycles. The Kier molecular flexibility index (Phi) is 5.70. The van der Waals surface area contributed by atoms with E-state index in [0.717, 1.165) is 31.7 Å². The van der Waals surface area contributed by atoms with Gasteiger partial charge in [0.2, 0.25) is 0 Å². The van der Waals surface area contributed by atoms with E-state index in [4.69, 9.17) is 9.47 Å². The highest BCUT2D eigenvalue weighted by Gasteiger charge is 2.41. The lowest BCUT2D eigenvalue weighted by molar-refractivity contribution is -0.137. The first kappa shape index (κ1) is 19.9. The van der Waals surface area contributed by atoms with Crippen molar-refractivity contribution < 1.29 is 23.5 Å². The van der Waals surface area contributed by atoms with Crippen molar-refractivity contribution in [3.63, 3.8) is 0 Å². The van der Waals surface area contributed by atoms with E-state index in [2.05, 4.69) is 0 Å². The number of methoxy groups -OCH3 is 1. The number of nitrogens with zero attached hydrogens (tertiary/aromatic N) is 2. The van der Waals surface area contributed by atoms with Gasteiger partial charge in [-0.1, -0.05) is 12.1 Å². The molecule has 2 aromatic rings. The van der Waals surface area contributed by atoms with Crippen molar-refractivity contribution >= 4 is 17.4 Å². The van der Waals surface area contributed by atoms with Gasteiger partial charge in [-0.3, -0.25) is 14.5 Å². The minimum atomic E-state index is -0.386. The van der Waals surface area contributed by atoms with Gasteiger partial charge in [0.1, 0.15) is 29.6 Å². The second-order valence-electron chi connectivity index (χ2n) is 7.21. The van der Waals surface area contributed by atoms with Crippen LogP contribution in [-0.2, 0) is 9.59 Å². The van der Waals surface area contributed by atoms with Crippen LogP contribution >= 0.6 is 0 Å². The van der Waals surface area contributed by atoms with Gasteiger partial charge in [0.15, 0.2) is 0 Å². The first-order valence-corrected chi connectivity index (χ1v) is 9.96. The predicted molar refractivity (Wildman–Crippen MR) is 109 cm³/mol. The number of likely N-dealkylation sites (tertiary alicyclic amines) is 1. The second-order valence-corrected chi connectivity index (χ2v) is 7.21. The van der Waals surface area contributed by atoms with Crippen LogP contribution in [0.15, 0.2) is 54.2 Å². The molecule has 1 saturated heterocycles. The van der Waals surface area contributed by atoms with Gasteiger partial charge in [-0.05, 0) is 54.8 Å². The van der Waals surface area contributed by atoms with Gasteiger partial charge in [0, 0.05) is 13.1 Å².